The van der Waals surface area contributed by atoms with Crippen molar-refractivity contribution in [2.24, 2.45) is 0 Å². The Kier molecular flexibility index (Phi) is 7.84. The molecule has 1 N–H and O–H groups in total. The quantitative estimate of drug-likeness (QED) is 0.235. The third kappa shape index (κ3) is 5.76. The van der Waals surface area contributed by atoms with Crippen LogP contribution in [0.5, 0.6) is 0 Å². The Labute approximate surface area is 127 Å². The lowest BCUT2D eigenvalue weighted by atomic mass is 10.2. The molecule has 0 spiro atoms. The molecule has 0 saturated carbocycles. The Balaban J connectivity index is 2.58. The molecule has 118 valence electrons. The number of thioether (sulfide) groups is 1. The van der Waals surface area contributed by atoms with Crippen molar-refractivity contribution < 1.29 is 28.6 Å². The molecule has 1 atom stereocenters. The highest BCUT2D eigenvalue weighted by molar-refractivity contribution is 8.00. The molecule has 0 aromatic heterocycles. The molecule has 0 aromatic carbocycles. The lowest BCUT2D eigenvalue weighted by molar-refractivity contribution is -0.147. The molecule has 1 unspecified atom stereocenters. The summed E-state index contributed by atoms with van der Waals surface area (Å²) in [6, 6.07) is 0. The van der Waals surface area contributed by atoms with Crippen molar-refractivity contribution in [3.8, 4) is 0 Å². The summed E-state index contributed by atoms with van der Waals surface area (Å²) in [5.41, 5.74) is -0.265. The predicted octanol–water partition coefficient (Wildman–Crippen LogP) is 0.245. The van der Waals surface area contributed by atoms with E-state index in [9.17, 15) is 14.4 Å². The highest BCUT2D eigenvalue weighted by Gasteiger charge is 2.25. The van der Waals surface area contributed by atoms with Gasteiger partial charge < -0.3 is 14.2 Å². The first-order chi connectivity index (χ1) is 10.1. The van der Waals surface area contributed by atoms with Crippen LogP contribution in [0.25, 0.3) is 0 Å². The summed E-state index contributed by atoms with van der Waals surface area (Å²) in [4.78, 5) is 34.9. The van der Waals surface area contributed by atoms with E-state index < -0.39 is 23.3 Å². The minimum Gasteiger partial charge on any atom is -0.462 e. The standard InChI is InChI=1S/C13H19NO6S/c1-3-18-11(15)9(12(16)19-4-2)5-7-20-13(17)10-14-6-8-21-10/h5,10,14H,3-4,6-8H2,1-2H3. The van der Waals surface area contributed by atoms with E-state index >= 15 is 0 Å². The molecule has 7 nitrogen and oxygen atoms in total. The minimum absolute atomic E-state index is 0.137. The van der Waals surface area contributed by atoms with Crippen molar-refractivity contribution >= 4 is 29.7 Å². The van der Waals surface area contributed by atoms with Gasteiger partial charge in [0.2, 0.25) is 0 Å². The van der Waals surface area contributed by atoms with Crippen molar-refractivity contribution in [1.29, 1.82) is 0 Å². The lowest BCUT2D eigenvalue weighted by Gasteiger charge is -2.09. The Morgan fingerprint density at radius 3 is 2.24 bits per heavy atom. The molecule has 1 aliphatic rings. The summed E-state index contributed by atoms with van der Waals surface area (Å²) in [5.74, 6) is -1.17. The maximum absolute atomic E-state index is 11.7. The van der Waals surface area contributed by atoms with Crippen molar-refractivity contribution in [3.63, 3.8) is 0 Å². The molecule has 1 fully saturated rings. The van der Waals surface area contributed by atoms with Gasteiger partial charge in [0.25, 0.3) is 0 Å². The largest absolute Gasteiger partial charge is 0.462 e. The second-order valence-corrected chi connectivity index (χ2v) is 5.11. The van der Waals surface area contributed by atoms with E-state index in [2.05, 4.69) is 5.32 Å². The van der Waals surface area contributed by atoms with Gasteiger partial charge in [-0.1, -0.05) is 0 Å². The Morgan fingerprint density at radius 2 is 1.76 bits per heavy atom. The maximum atomic E-state index is 11.7. The molecule has 0 radical (unpaired) electrons. The maximum Gasteiger partial charge on any atom is 0.345 e. The van der Waals surface area contributed by atoms with Crippen LogP contribution in [0, 0.1) is 0 Å². The number of ether oxygens (including phenoxy) is 3. The Morgan fingerprint density at radius 1 is 1.14 bits per heavy atom. The van der Waals surface area contributed by atoms with Gasteiger partial charge in [0.15, 0.2) is 5.37 Å². The van der Waals surface area contributed by atoms with Gasteiger partial charge in [-0.05, 0) is 19.9 Å². The van der Waals surface area contributed by atoms with E-state index in [1.54, 1.807) is 13.8 Å². The van der Waals surface area contributed by atoms with Crippen molar-refractivity contribution in [2.45, 2.75) is 19.2 Å². The van der Waals surface area contributed by atoms with Gasteiger partial charge in [0.05, 0.1) is 13.2 Å². The van der Waals surface area contributed by atoms with Gasteiger partial charge in [-0.25, -0.2) is 14.4 Å². The van der Waals surface area contributed by atoms with Crippen LogP contribution in [0.1, 0.15) is 13.8 Å². The molecule has 1 heterocycles. The van der Waals surface area contributed by atoms with Crippen molar-refractivity contribution in [1.82, 2.24) is 5.32 Å². The molecule has 0 amide bonds. The summed E-state index contributed by atoms with van der Waals surface area (Å²) >= 11 is 1.45. The fraction of sp³-hybridized carbons (Fsp3) is 0.615. The summed E-state index contributed by atoms with van der Waals surface area (Å²) in [7, 11) is 0. The molecule has 21 heavy (non-hydrogen) atoms. The topological polar surface area (TPSA) is 90.9 Å². The van der Waals surface area contributed by atoms with E-state index in [0.29, 0.717) is 0 Å². The van der Waals surface area contributed by atoms with Crippen LogP contribution < -0.4 is 5.32 Å². The van der Waals surface area contributed by atoms with Gasteiger partial charge in [0, 0.05) is 12.3 Å². The van der Waals surface area contributed by atoms with E-state index in [1.165, 1.54) is 17.8 Å². The van der Waals surface area contributed by atoms with Gasteiger partial charge in [-0.15, -0.1) is 11.8 Å². The van der Waals surface area contributed by atoms with Crippen LogP contribution in [0.2, 0.25) is 0 Å². The molecule has 1 aliphatic heterocycles. The first-order valence-electron chi connectivity index (χ1n) is 6.66. The first kappa shape index (κ1) is 17.5. The molecule has 1 saturated heterocycles. The van der Waals surface area contributed by atoms with Crippen LogP contribution >= 0.6 is 11.8 Å². The zero-order valence-electron chi connectivity index (χ0n) is 12.0. The average molecular weight is 317 g/mol. The summed E-state index contributed by atoms with van der Waals surface area (Å²) < 4.78 is 14.5. The number of carbonyl (C=O) groups excluding carboxylic acids is 3. The number of hydrogen-bond acceptors (Lipinski definition) is 8. The monoisotopic (exact) mass is 317 g/mol. The Hall–Kier alpha value is -1.54. The zero-order valence-corrected chi connectivity index (χ0v) is 12.9. The number of rotatable bonds is 7. The normalized spacial score (nSPS) is 17.0. The Bertz CT molecular complexity index is 397. The SMILES string of the molecule is CCOC(=O)C(=CCOC(=O)C1NCCS1)C(=O)OCC. The highest BCUT2D eigenvalue weighted by atomic mass is 32.2. The van der Waals surface area contributed by atoms with Crippen LogP contribution in [0.15, 0.2) is 11.6 Å². The van der Waals surface area contributed by atoms with E-state index in [-0.39, 0.29) is 25.4 Å². The molecular formula is C13H19NO6S. The molecule has 1 rings (SSSR count). The van der Waals surface area contributed by atoms with Gasteiger partial charge in [-0.3, -0.25) is 5.32 Å². The van der Waals surface area contributed by atoms with Crippen LogP contribution in [0.3, 0.4) is 0 Å². The minimum atomic E-state index is -0.791. The third-order valence-electron chi connectivity index (χ3n) is 2.43. The van der Waals surface area contributed by atoms with Gasteiger partial charge in [0.1, 0.15) is 12.2 Å². The summed E-state index contributed by atoms with van der Waals surface area (Å²) in [6.07, 6.45) is 1.20. The van der Waals surface area contributed by atoms with Crippen molar-refractivity contribution in [3.05, 3.63) is 11.6 Å². The average Bonchev–Trinajstić information content (AvgIpc) is 2.97. The lowest BCUT2D eigenvalue weighted by Crippen LogP contribution is -2.30. The summed E-state index contributed by atoms with van der Waals surface area (Å²) in [5, 5.41) is 2.57. The van der Waals surface area contributed by atoms with E-state index in [0.717, 1.165) is 12.3 Å². The molecule has 0 aromatic rings. The van der Waals surface area contributed by atoms with E-state index in [4.69, 9.17) is 14.2 Å². The smallest absolute Gasteiger partial charge is 0.345 e. The fourth-order valence-corrected chi connectivity index (χ4v) is 2.44. The number of hydrogen-bond donors (Lipinski definition) is 1. The molecule has 0 aliphatic carbocycles. The number of esters is 3. The summed E-state index contributed by atoms with van der Waals surface area (Å²) in [6.45, 7) is 4.09. The number of nitrogens with one attached hydrogen (secondary N) is 1. The molecule has 0 bridgehead atoms. The number of carbonyl (C=O) groups is 3. The third-order valence-corrected chi connectivity index (χ3v) is 3.57. The fourth-order valence-electron chi connectivity index (χ4n) is 1.53. The van der Waals surface area contributed by atoms with Gasteiger partial charge >= 0.3 is 17.9 Å². The molecule has 8 heteroatoms. The van der Waals surface area contributed by atoms with Gasteiger partial charge in [-0.2, -0.15) is 0 Å². The zero-order chi connectivity index (χ0) is 15.7. The van der Waals surface area contributed by atoms with E-state index in [1.807, 2.05) is 0 Å². The molecular weight excluding hydrogens is 298 g/mol. The van der Waals surface area contributed by atoms with Crippen LogP contribution in [-0.2, 0) is 28.6 Å². The van der Waals surface area contributed by atoms with Crippen LogP contribution in [-0.4, -0.2) is 55.4 Å². The van der Waals surface area contributed by atoms with Crippen molar-refractivity contribution in [2.75, 3.05) is 32.1 Å². The second-order valence-electron chi connectivity index (χ2n) is 3.89. The predicted molar refractivity (Wildman–Crippen MR) is 76.6 cm³/mol. The first-order valence-corrected chi connectivity index (χ1v) is 7.71. The van der Waals surface area contributed by atoms with Crippen LogP contribution in [0.4, 0.5) is 0 Å². The second kappa shape index (κ2) is 9.41. The highest BCUT2D eigenvalue weighted by Crippen LogP contribution is 2.14.